The van der Waals surface area contributed by atoms with Gasteiger partial charge in [-0.05, 0) is 72.3 Å². The highest BCUT2D eigenvalue weighted by molar-refractivity contribution is 7.89. The number of nitrogens with zero attached hydrogens (tertiary/aromatic N) is 1. The number of aryl methyl sites for hydroxylation is 1. The molecule has 1 heterocycles. The number of anilines is 1. The van der Waals surface area contributed by atoms with Crippen LogP contribution in [0.15, 0.2) is 125 Å². The van der Waals surface area contributed by atoms with Gasteiger partial charge in [-0.25, -0.2) is 13.1 Å². The standard InChI is InChI=1S/C23H18ClN3O4S.C7H8/c24-18-6-4-17-14-21(11-5-16(17)13-18)32(30,31)25-15-22(28)26-19-7-9-20(10-8-19)27-12-2-1-3-23(27)29;1-7-5-3-2-4-6-7/h1-14,25H,15H2,(H,26,28);2-6H,1H3. The van der Waals surface area contributed by atoms with Gasteiger partial charge in [0.1, 0.15) is 0 Å². The van der Waals surface area contributed by atoms with Crippen molar-refractivity contribution in [2.45, 2.75) is 11.8 Å². The first kappa shape index (κ1) is 27.8. The van der Waals surface area contributed by atoms with Crippen LogP contribution in [0, 0.1) is 6.92 Å². The van der Waals surface area contributed by atoms with Crippen LogP contribution in [0.1, 0.15) is 5.56 Å². The molecule has 9 heteroatoms. The predicted molar refractivity (Wildman–Crippen MR) is 156 cm³/mol. The van der Waals surface area contributed by atoms with E-state index in [1.807, 2.05) is 18.2 Å². The number of carbonyl (C=O) groups excluding carboxylic acids is 1. The van der Waals surface area contributed by atoms with Crippen molar-refractivity contribution >= 4 is 44.0 Å². The molecule has 0 aliphatic heterocycles. The molecule has 0 bridgehead atoms. The minimum absolute atomic E-state index is 0.0535. The Morgan fingerprint density at radius 3 is 2.15 bits per heavy atom. The Kier molecular flexibility index (Phi) is 8.93. The van der Waals surface area contributed by atoms with Gasteiger partial charge in [-0.15, -0.1) is 0 Å². The second-order valence-electron chi connectivity index (χ2n) is 8.64. The van der Waals surface area contributed by atoms with E-state index in [1.54, 1.807) is 66.9 Å². The zero-order valence-electron chi connectivity index (χ0n) is 21.0. The van der Waals surface area contributed by atoms with E-state index in [0.717, 1.165) is 10.8 Å². The monoisotopic (exact) mass is 559 g/mol. The van der Waals surface area contributed by atoms with Gasteiger partial charge in [-0.3, -0.25) is 14.2 Å². The number of rotatable bonds is 6. The van der Waals surface area contributed by atoms with Crippen molar-refractivity contribution in [3.8, 4) is 5.69 Å². The van der Waals surface area contributed by atoms with Gasteiger partial charge in [-0.2, -0.15) is 0 Å². The Labute approximate surface area is 231 Å². The molecule has 4 aromatic carbocycles. The Morgan fingerprint density at radius 1 is 0.821 bits per heavy atom. The van der Waals surface area contributed by atoms with E-state index in [1.165, 1.54) is 28.3 Å². The normalized spacial score (nSPS) is 10.9. The van der Waals surface area contributed by atoms with Gasteiger partial charge in [0.15, 0.2) is 0 Å². The number of nitrogens with one attached hydrogen (secondary N) is 2. The summed E-state index contributed by atoms with van der Waals surface area (Å²) in [6, 6.07) is 31.6. The third-order valence-electron chi connectivity index (χ3n) is 5.70. The summed E-state index contributed by atoms with van der Waals surface area (Å²) in [7, 11) is -3.88. The van der Waals surface area contributed by atoms with Gasteiger partial charge in [0.25, 0.3) is 5.56 Å². The molecule has 0 radical (unpaired) electrons. The minimum atomic E-state index is -3.88. The fraction of sp³-hybridized carbons (Fsp3) is 0.0667. The maximum atomic E-state index is 12.6. The number of amides is 1. The van der Waals surface area contributed by atoms with Crippen molar-refractivity contribution in [2.24, 2.45) is 0 Å². The number of fused-ring (bicyclic) bond motifs is 1. The first-order valence-corrected chi connectivity index (χ1v) is 13.9. The van der Waals surface area contributed by atoms with E-state index >= 15 is 0 Å². The molecule has 0 aliphatic rings. The first-order chi connectivity index (χ1) is 18.7. The van der Waals surface area contributed by atoms with E-state index in [9.17, 15) is 18.0 Å². The largest absolute Gasteiger partial charge is 0.325 e. The van der Waals surface area contributed by atoms with Crippen molar-refractivity contribution in [3.05, 3.63) is 136 Å². The lowest BCUT2D eigenvalue weighted by Crippen LogP contribution is -2.32. The number of sulfonamides is 1. The van der Waals surface area contributed by atoms with E-state index in [-0.39, 0.29) is 10.5 Å². The highest BCUT2D eigenvalue weighted by Gasteiger charge is 2.16. The summed E-state index contributed by atoms with van der Waals surface area (Å²) >= 11 is 5.96. The van der Waals surface area contributed by atoms with Crippen molar-refractivity contribution in [2.75, 3.05) is 11.9 Å². The number of aromatic nitrogens is 1. The van der Waals surface area contributed by atoms with E-state index < -0.39 is 22.5 Å². The molecule has 1 amide bonds. The van der Waals surface area contributed by atoms with Crippen LogP contribution in [-0.2, 0) is 14.8 Å². The van der Waals surface area contributed by atoms with Crippen molar-refractivity contribution in [1.29, 1.82) is 0 Å². The molecule has 0 atom stereocenters. The van der Waals surface area contributed by atoms with Crippen LogP contribution in [-0.4, -0.2) is 25.4 Å². The summed E-state index contributed by atoms with van der Waals surface area (Å²) in [6.45, 7) is 1.65. The quantitative estimate of drug-likeness (QED) is 0.285. The van der Waals surface area contributed by atoms with Crippen LogP contribution in [0.4, 0.5) is 5.69 Å². The number of hydrogen-bond acceptors (Lipinski definition) is 4. The average Bonchev–Trinajstić information content (AvgIpc) is 2.93. The Balaban J connectivity index is 0.000000438. The van der Waals surface area contributed by atoms with Gasteiger partial charge >= 0.3 is 0 Å². The molecule has 0 fully saturated rings. The second-order valence-corrected chi connectivity index (χ2v) is 10.8. The maximum Gasteiger partial charge on any atom is 0.255 e. The number of carbonyl (C=O) groups is 1. The van der Waals surface area contributed by atoms with E-state index in [2.05, 4.69) is 29.1 Å². The zero-order chi connectivity index (χ0) is 27.8. The molecular formula is C30H26ClN3O4S. The number of hydrogen-bond donors (Lipinski definition) is 2. The van der Waals surface area contributed by atoms with Crippen molar-refractivity contribution < 1.29 is 13.2 Å². The second kappa shape index (κ2) is 12.5. The first-order valence-electron chi connectivity index (χ1n) is 12.0. The van der Waals surface area contributed by atoms with Gasteiger partial charge in [-0.1, -0.05) is 65.7 Å². The number of pyridine rings is 1. The fourth-order valence-corrected chi connectivity index (χ4v) is 4.89. The van der Waals surface area contributed by atoms with Crippen LogP contribution in [0.3, 0.4) is 0 Å². The highest BCUT2D eigenvalue weighted by atomic mass is 35.5. The lowest BCUT2D eigenvalue weighted by Gasteiger charge is -2.10. The molecule has 0 unspecified atom stereocenters. The Bertz CT molecular complexity index is 1750. The number of benzene rings is 4. The van der Waals surface area contributed by atoms with Crippen LogP contribution in [0.2, 0.25) is 5.02 Å². The molecule has 0 aliphatic carbocycles. The smallest absolute Gasteiger partial charge is 0.255 e. The van der Waals surface area contributed by atoms with Gasteiger partial charge in [0.05, 0.1) is 11.4 Å². The van der Waals surface area contributed by atoms with Gasteiger partial charge < -0.3 is 5.32 Å². The Morgan fingerprint density at radius 2 is 1.49 bits per heavy atom. The summed E-state index contributed by atoms with van der Waals surface area (Å²) in [5.41, 5.74) is 2.27. The fourth-order valence-electron chi connectivity index (χ4n) is 3.69. The van der Waals surface area contributed by atoms with Crippen LogP contribution < -0.4 is 15.6 Å². The minimum Gasteiger partial charge on any atom is -0.325 e. The molecule has 0 saturated carbocycles. The highest BCUT2D eigenvalue weighted by Crippen LogP contribution is 2.22. The lowest BCUT2D eigenvalue weighted by atomic mass is 10.1. The number of halogens is 1. The summed E-state index contributed by atoms with van der Waals surface area (Å²) in [5.74, 6) is -0.522. The van der Waals surface area contributed by atoms with Gasteiger partial charge in [0.2, 0.25) is 15.9 Å². The predicted octanol–water partition coefficient (Wildman–Crippen LogP) is 5.56. The topological polar surface area (TPSA) is 97.3 Å². The SMILES string of the molecule is Cc1ccccc1.O=C(CNS(=O)(=O)c1ccc2cc(Cl)ccc2c1)Nc1ccc(-n2ccccc2=O)cc1. The zero-order valence-corrected chi connectivity index (χ0v) is 22.6. The van der Waals surface area contributed by atoms with Gasteiger partial charge in [0, 0.05) is 28.7 Å². The molecule has 2 N–H and O–H groups in total. The van der Waals surface area contributed by atoms with Crippen LogP contribution in [0.25, 0.3) is 16.5 Å². The molecule has 5 rings (SSSR count). The third kappa shape index (κ3) is 7.64. The van der Waals surface area contributed by atoms with E-state index in [0.29, 0.717) is 16.4 Å². The van der Waals surface area contributed by atoms with Crippen molar-refractivity contribution in [3.63, 3.8) is 0 Å². The summed E-state index contributed by atoms with van der Waals surface area (Å²) < 4.78 is 28.9. The maximum absolute atomic E-state index is 12.6. The summed E-state index contributed by atoms with van der Waals surface area (Å²) in [4.78, 5) is 24.2. The lowest BCUT2D eigenvalue weighted by molar-refractivity contribution is -0.115. The summed E-state index contributed by atoms with van der Waals surface area (Å²) in [6.07, 6.45) is 1.64. The molecule has 198 valence electrons. The van der Waals surface area contributed by atoms with Crippen molar-refractivity contribution in [1.82, 2.24) is 9.29 Å². The molecule has 39 heavy (non-hydrogen) atoms. The third-order valence-corrected chi connectivity index (χ3v) is 7.33. The van der Waals surface area contributed by atoms with E-state index in [4.69, 9.17) is 11.6 Å². The molecule has 0 saturated heterocycles. The molecular weight excluding hydrogens is 534 g/mol. The summed E-state index contributed by atoms with van der Waals surface area (Å²) in [5, 5.41) is 4.73. The molecule has 5 aromatic rings. The molecule has 0 spiro atoms. The Hall–Kier alpha value is -4.24. The van der Waals surface area contributed by atoms with Crippen LogP contribution >= 0.6 is 11.6 Å². The molecule has 1 aromatic heterocycles. The average molecular weight is 560 g/mol. The molecule has 7 nitrogen and oxygen atoms in total. The van der Waals surface area contributed by atoms with Crippen LogP contribution in [0.5, 0.6) is 0 Å².